The molecule has 0 radical (unpaired) electrons. The van der Waals surface area contributed by atoms with Gasteiger partial charge >= 0.3 is 0 Å². The van der Waals surface area contributed by atoms with E-state index in [0.29, 0.717) is 0 Å². The third-order valence-electron chi connectivity index (χ3n) is 1.91. The highest BCUT2D eigenvalue weighted by Gasteiger charge is 2.21. The summed E-state index contributed by atoms with van der Waals surface area (Å²) in [6.07, 6.45) is 1.81. The zero-order valence-corrected chi connectivity index (χ0v) is 11.2. The van der Waals surface area contributed by atoms with Gasteiger partial charge in [0.1, 0.15) is 0 Å². The van der Waals surface area contributed by atoms with Gasteiger partial charge in [0.25, 0.3) is 0 Å². The Hall–Kier alpha value is 0.170. The molecule has 72 valence electrons. The summed E-state index contributed by atoms with van der Waals surface area (Å²) in [7, 11) is 0. The molecular formula is C10H13ClIN. The quantitative estimate of drug-likeness (QED) is 0.661. The highest BCUT2D eigenvalue weighted by molar-refractivity contribution is 14.1. The van der Waals surface area contributed by atoms with Gasteiger partial charge in [0.15, 0.2) is 0 Å². The number of hydrogen-bond donors (Lipinski definition) is 0. The van der Waals surface area contributed by atoms with Gasteiger partial charge in [-0.25, -0.2) is 0 Å². The largest absolute Gasteiger partial charge is 0.260 e. The standard InChI is InChI=1S/C10H13ClIN/c1-6-8(10(2,3)4)9(11)7(12)5-13-6/h5H,1-4H3. The number of pyridine rings is 1. The van der Waals surface area contributed by atoms with Gasteiger partial charge in [-0.1, -0.05) is 32.4 Å². The minimum atomic E-state index is 0.0648. The highest BCUT2D eigenvalue weighted by atomic mass is 127. The van der Waals surface area contributed by atoms with E-state index in [1.165, 1.54) is 0 Å². The highest BCUT2D eigenvalue weighted by Crippen LogP contribution is 2.33. The van der Waals surface area contributed by atoms with E-state index in [9.17, 15) is 0 Å². The minimum Gasteiger partial charge on any atom is -0.260 e. The Labute approximate surface area is 98.0 Å². The Morgan fingerprint density at radius 3 is 2.31 bits per heavy atom. The molecule has 1 heterocycles. The molecular weight excluding hydrogens is 296 g/mol. The van der Waals surface area contributed by atoms with Crippen LogP contribution in [-0.4, -0.2) is 4.98 Å². The average molecular weight is 310 g/mol. The second kappa shape index (κ2) is 3.73. The van der Waals surface area contributed by atoms with Crippen LogP contribution in [0.3, 0.4) is 0 Å². The van der Waals surface area contributed by atoms with E-state index >= 15 is 0 Å². The maximum absolute atomic E-state index is 6.24. The molecule has 0 fully saturated rings. The summed E-state index contributed by atoms with van der Waals surface area (Å²) in [5, 5.41) is 0.848. The summed E-state index contributed by atoms with van der Waals surface area (Å²) in [6.45, 7) is 8.46. The van der Waals surface area contributed by atoms with Crippen molar-refractivity contribution in [3.05, 3.63) is 26.0 Å². The Bertz CT molecular complexity index is 328. The first-order chi connectivity index (χ1) is 5.84. The van der Waals surface area contributed by atoms with E-state index in [1.54, 1.807) is 0 Å². The SMILES string of the molecule is Cc1ncc(I)c(Cl)c1C(C)(C)C. The molecule has 1 rings (SSSR count). The van der Waals surface area contributed by atoms with Crippen molar-refractivity contribution >= 4 is 34.2 Å². The van der Waals surface area contributed by atoms with E-state index < -0.39 is 0 Å². The summed E-state index contributed by atoms with van der Waals surface area (Å²) >= 11 is 8.45. The topological polar surface area (TPSA) is 12.9 Å². The lowest BCUT2D eigenvalue weighted by Crippen LogP contribution is -2.15. The fourth-order valence-corrected chi connectivity index (χ4v) is 2.30. The van der Waals surface area contributed by atoms with Crippen molar-refractivity contribution in [2.45, 2.75) is 33.1 Å². The minimum absolute atomic E-state index is 0.0648. The summed E-state index contributed by atoms with van der Waals surface area (Å²) in [4.78, 5) is 4.31. The molecule has 3 heteroatoms. The fraction of sp³-hybridized carbons (Fsp3) is 0.500. The molecule has 1 aromatic rings. The van der Waals surface area contributed by atoms with Crippen LogP contribution in [0.4, 0.5) is 0 Å². The molecule has 0 spiro atoms. The lowest BCUT2D eigenvalue weighted by Gasteiger charge is -2.22. The third kappa shape index (κ3) is 2.34. The van der Waals surface area contributed by atoms with Gasteiger partial charge in [0.2, 0.25) is 0 Å². The van der Waals surface area contributed by atoms with Crippen molar-refractivity contribution in [1.29, 1.82) is 0 Å². The molecule has 1 nitrogen and oxygen atoms in total. The van der Waals surface area contributed by atoms with Crippen molar-refractivity contribution in [2.75, 3.05) is 0 Å². The monoisotopic (exact) mass is 309 g/mol. The maximum Gasteiger partial charge on any atom is 0.0610 e. The normalized spacial score (nSPS) is 11.8. The molecule has 0 saturated carbocycles. The summed E-state index contributed by atoms with van der Waals surface area (Å²) in [6, 6.07) is 0. The van der Waals surface area contributed by atoms with Crippen LogP contribution in [0.25, 0.3) is 0 Å². The molecule has 0 aliphatic carbocycles. The second-order valence-electron chi connectivity index (χ2n) is 4.13. The van der Waals surface area contributed by atoms with Crippen molar-refractivity contribution in [2.24, 2.45) is 0 Å². The van der Waals surface area contributed by atoms with Gasteiger partial charge in [-0.05, 0) is 40.5 Å². The maximum atomic E-state index is 6.24. The molecule has 13 heavy (non-hydrogen) atoms. The number of nitrogens with zero attached hydrogens (tertiary/aromatic N) is 1. The van der Waals surface area contributed by atoms with Crippen molar-refractivity contribution in [1.82, 2.24) is 4.98 Å². The number of aryl methyl sites for hydroxylation is 1. The lowest BCUT2D eigenvalue weighted by molar-refractivity contribution is 0.582. The van der Waals surface area contributed by atoms with Gasteiger partial charge < -0.3 is 0 Å². The predicted molar refractivity (Wildman–Crippen MR) is 65.4 cm³/mol. The smallest absolute Gasteiger partial charge is 0.0610 e. The Kier molecular flexibility index (Phi) is 3.23. The van der Waals surface area contributed by atoms with Crippen molar-refractivity contribution in [3.63, 3.8) is 0 Å². The molecule has 0 amide bonds. The van der Waals surface area contributed by atoms with E-state index in [2.05, 4.69) is 48.3 Å². The van der Waals surface area contributed by atoms with Crippen LogP contribution in [0.2, 0.25) is 5.02 Å². The molecule has 0 atom stereocenters. The zero-order valence-electron chi connectivity index (χ0n) is 8.28. The predicted octanol–water partition coefficient (Wildman–Crippen LogP) is 3.95. The van der Waals surface area contributed by atoms with Crippen LogP contribution in [-0.2, 0) is 5.41 Å². The van der Waals surface area contributed by atoms with Crippen LogP contribution >= 0.6 is 34.2 Å². The molecule has 0 N–H and O–H groups in total. The van der Waals surface area contributed by atoms with Gasteiger partial charge in [0.05, 0.1) is 8.59 Å². The van der Waals surface area contributed by atoms with Crippen molar-refractivity contribution < 1.29 is 0 Å². The zero-order chi connectivity index (χ0) is 10.2. The van der Waals surface area contributed by atoms with Crippen LogP contribution in [0, 0.1) is 10.5 Å². The van der Waals surface area contributed by atoms with Gasteiger partial charge in [-0.3, -0.25) is 4.98 Å². The molecule has 0 aliphatic rings. The fourth-order valence-electron chi connectivity index (χ4n) is 1.42. The molecule has 0 saturated heterocycles. The summed E-state index contributed by atoms with van der Waals surface area (Å²) < 4.78 is 1.02. The molecule has 1 aromatic heterocycles. The summed E-state index contributed by atoms with van der Waals surface area (Å²) in [5.74, 6) is 0. The second-order valence-corrected chi connectivity index (χ2v) is 5.67. The Balaban J connectivity index is 3.43. The first kappa shape index (κ1) is 11.2. The first-order valence-corrected chi connectivity index (χ1v) is 5.61. The molecule has 0 aliphatic heterocycles. The Morgan fingerprint density at radius 1 is 1.38 bits per heavy atom. The Morgan fingerprint density at radius 2 is 1.92 bits per heavy atom. The average Bonchev–Trinajstić information content (AvgIpc) is 1.95. The molecule has 0 bridgehead atoms. The lowest BCUT2D eigenvalue weighted by atomic mass is 9.86. The van der Waals surface area contributed by atoms with Crippen LogP contribution < -0.4 is 0 Å². The number of hydrogen-bond acceptors (Lipinski definition) is 1. The van der Waals surface area contributed by atoms with E-state index in [1.807, 2.05) is 13.1 Å². The number of aromatic nitrogens is 1. The van der Waals surface area contributed by atoms with Crippen molar-refractivity contribution in [3.8, 4) is 0 Å². The van der Waals surface area contributed by atoms with Crippen LogP contribution in [0.1, 0.15) is 32.0 Å². The number of rotatable bonds is 0. The van der Waals surface area contributed by atoms with E-state index in [0.717, 1.165) is 19.9 Å². The van der Waals surface area contributed by atoms with E-state index in [-0.39, 0.29) is 5.41 Å². The van der Waals surface area contributed by atoms with Crippen LogP contribution in [0.15, 0.2) is 6.20 Å². The molecule has 0 aromatic carbocycles. The molecule has 0 unspecified atom stereocenters. The summed E-state index contributed by atoms with van der Waals surface area (Å²) in [5.41, 5.74) is 2.24. The van der Waals surface area contributed by atoms with Gasteiger partial charge in [0, 0.05) is 11.9 Å². The van der Waals surface area contributed by atoms with Crippen LogP contribution in [0.5, 0.6) is 0 Å². The first-order valence-electron chi connectivity index (χ1n) is 4.15. The van der Waals surface area contributed by atoms with Gasteiger partial charge in [-0.15, -0.1) is 0 Å². The van der Waals surface area contributed by atoms with E-state index in [4.69, 9.17) is 11.6 Å². The number of halogens is 2. The third-order valence-corrected chi connectivity index (χ3v) is 3.44. The van der Waals surface area contributed by atoms with Gasteiger partial charge in [-0.2, -0.15) is 0 Å².